The number of thiophene rings is 1. The highest BCUT2D eigenvalue weighted by Crippen LogP contribution is 2.32. The van der Waals surface area contributed by atoms with Gasteiger partial charge in [-0.15, -0.1) is 11.3 Å². The summed E-state index contributed by atoms with van der Waals surface area (Å²) in [5, 5.41) is 3.66. The minimum atomic E-state index is -3.34. The van der Waals surface area contributed by atoms with E-state index in [4.69, 9.17) is 0 Å². The summed E-state index contributed by atoms with van der Waals surface area (Å²) < 4.78 is 27.7. The predicted octanol–water partition coefficient (Wildman–Crippen LogP) is 2.76. The van der Waals surface area contributed by atoms with Gasteiger partial charge in [-0.1, -0.05) is 13.8 Å². The normalized spacial score (nSPS) is 24.3. The molecule has 2 heterocycles. The van der Waals surface area contributed by atoms with Crippen LogP contribution < -0.4 is 5.32 Å². The molecule has 0 aliphatic carbocycles. The van der Waals surface area contributed by atoms with Gasteiger partial charge in [0.1, 0.15) is 4.21 Å². The summed E-state index contributed by atoms with van der Waals surface area (Å²) in [5.41, 5.74) is 0. The van der Waals surface area contributed by atoms with Gasteiger partial charge in [-0.05, 0) is 32.0 Å². The Morgan fingerprint density at radius 3 is 2.86 bits per heavy atom. The zero-order chi connectivity index (χ0) is 15.5. The lowest BCUT2D eigenvalue weighted by atomic mass is 10.2. The largest absolute Gasteiger partial charge is 0.312 e. The molecule has 120 valence electrons. The molecule has 2 unspecified atom stereocenters. The van der Waals surface area contributed by atoms with Gasteiger partial charge in [-0.2, -0.15) is 16.1 Å². The minimum absolute atomic E-state index is 0.0533. The van der Waals surface area contributed by atoms with Gasteiger partial charge in [0.2, 0.25) is 0 Å². The van der Waals surface area contributed by atoms with Crippen LogP contribution in [0.4, 0.5) is 0 Å². The standard InChI is InChI=1S/C14H24N2O2S3/c1-4-7-15-10-13-5-6-14(20-13)21(17,18)16-8-9-19-12(3)11(16)2/h5-6,11-12,15H,4,7-10H2,1-3H3. The molecular formula is C14H24N2O2S3. The Hall–Kier alpha value is -0.0800. The summed E-state index contributed by atoms with van der Waals surface area (Å²) in [6.07, 6.45) is 1.08. The molecule has 21 heavy (non-hydrogen) atoms. The lowest BCUT2D eigenvalue weighted by molar-refractivity contribution is 0.341. The highest BCUT2D eigenvalue weighted by Gasteiger charge is 2.35. The molecular weight excluding hydrogens is 324 g/mol. The van der Waals surface area contributed by atoms with E-state index in [2.05, 4.69) is 19.2 Å². The van der Waals surface area contributed by atoms with E-state index in [1.54, 1.807) is 10.4 Å². The van der Waals surface area contributed by atoms with E-state index >= 15 is 0 Å². The Morgan fingerprint density at radius 2 is 2.14 bits per heavy atom. The highest BCUT2D eigenvalue weighted by molar-refractivity contribution is 8.00. The Morgan fingerprint density at radius 1 is 1.38 bits per heavy atom. The van der Waals surface area contributed by atoms with E-state index in [0.29, 0.717) is 16.0 Å². The zero-order valence-electron chi connectivity index (χ0n) is 12.8. The minimum Gasteiger partial charge on any atom is -0.312 e. The van der Waals surface area contributed by atoms with E-state index in [1.807, 2.05) is 24.8 Å². The number of nitrogens with zero attached hydrogens (tertiary/aromatic N) is 1. The lowest BCUT2D eigenvalue weighted by Crippen LogP contribution is -2.47. The fraction of sp³-hybridized carbons (Fsp3) is 0.714. The molecule has 7 heteroatoms. The third-order valence-electron chi connectivity index (χ3n) is 3.75. The van der Waals surface area contributed by atoms with Crippen LogP contribution in [0.2, 0.25) is 0 Å². The molecule has 2 atom stereocenters. The summed E-state index contributed by atoms with van der Waals surface area (Å²) in [6.45, 7) is 8.54. The first kappa shape index (κ1) is 17.3. The van der Waals surface area contributed by atoms with Crippen molar-refractivity contribution in [3.63, 3.8) is 0 Å². The van der Waals surface area contributed by atoms with Crippen molar-refractivity contribution in [3.05, 3.63) is 17.0 Å². The second-order valence-electron chi connectivity index (χ2n) is 5.33. The van der Waals surface area contributed by atoms with Crippen LogP contribution in [0.5, 0.6) is 0 Å². The molecule has 0 bridgehead atoms. The van der Waals surface area contributed by atoms with Gasteiger partial charge in [-0.25, -0.2) is 8.42 Å². The summed E-state index contributed by atoms with van der Waals surface area (Å²) in [5.74, 6) is 0.876. The SMILES string of the molecule is CCCNCc1ccc(S(=O)(=O)N2CCSC(C)C2C)s1. The first-order valence-electron chi connectivity index (χ1n) is 7.39. The summed E-state index contributed by atoms with van der Waals surface area (Å²) in [4.78, 5) is 1.08. The maximum absolute atomic E-state index is 12.8. The zero-order valence-corrected chi connectivity index (χ0v) is 15.3. The molecule has 1 N–H and O–H groups in total. The number of hydrogen-bond donors (Lipinski definition) is 1. The van der Waals surface area contributed by atoms with Crippen molar-refractivity contribution in [1.29, 1.82) is 0 Å². The summed E-state index contributed by atoms with van der Waals surface area (Å²) >= 11 is 3.24. The summed E-state index contributed by atoms with van der Waals surface area (Å²) in [6, 6.07) is 3.73. The molecule has 0 amide bonds. The van der Waals surface area contributed by atoms with E-state index in [9.17, 15) is 8.42 Å². The highest BCUT2D eigenvalue weighted by atomic mass is 32.2. The molecule has 4 nitrogen and oxygen atoms in total. The second kappa shape index (κ2) is 7.46. The van der Waals surface area contributed by atoms with Crippen LogP contribution in [-0.4, -0.2) is 42.9 Å². The van der Waals surface area contributed by atoms with Crippen molar-refractivity contribution in [2.45, 2.75) is 49.2 Å². The fourth-order valence-electron chi connectivity index (χ4n) is 2.34. The second-order valence-corrected chi connectivity index (χ2v) is 10.1. The molecule has 0 spiro atoms. The Labute approximate surface area is 136 Å². The van der Waals surface area contributed by atoms with Crippen LogP contribution in [0.3, 0.4) is 0 Å². The van der Waals surface area contributed by atoms with Crippen LogP contribution in [-0.2, 0) is 16.6 Å². The molecule has 0 saturated carbocycles. The molecule has 1 saturated heterocycles. The number of rotatable bonds is 6. The Balaban J connectivity index is 2.12. The Bertz CT molecular complexity index is 556. The van der Waals surface area contributed by atoms with Crippen LogP contribution in [0.25, 0.3) is 0 Å². The average molecular weight is 349 g/mol. The number of hydrogen-bond acceptors (Lipinski definition) is 5. The van der Waals surface area contributed by atoms with Crippen molar-refractivity contribution in [2.24, 2.45) is 0 Å². The van der Waals surface area contributed by atoms with Crippen molar-refractivity contribution >= 4 is 33.1 Å². The first-order chi connectivity index (χ1) is 9.96. The van der Waals surface area contributed by atoms with Gasteiger partial charge in [-0.3, -0.25) is 0 Å². The topological polar surface area (TPSA) is 49.4 Å². The van der Waals surface area contributed by atoms with Crippen LogP contribution in [0, 0.1) is 0 Å². The lowest BCUT2D eigenvalue weighted by Gasteiger charge is -2.35. The van der Waals surface area contributed by atoms with Gasteiger partial charge < -0.3 is 5.32 Å². The average Bonchev–Trinajstić information content (AvgIpc) is 2.91. The third kappa shape index (κ3) is 4.01. The van der Waals surface area contributed by atoms with Crippen LogP contribution in [0.15, 0.2) is 16.3 Å². The third-order valence-corrected chi connectivity index (χ3v) is 8.63. The van der Waals surface area contributed by atoms with Gasteiger partial charge in [0, 0.05) is 35.0 Å². The smallest absolute Gasteiger partial charge is 0.252 e. The summed E-state index contributed by atoms with van der Waals surface area (Å²) in [7, 11) is -3.34. The molecule has 1 aromatic heterocycles. The van der Waals surface area contributed by atoms with Crippen molar-refractivity contribution in [1.82, 2.24) is 9.62 Å². The van der Waals surface area contributed by atoms with Crippen molar-refractivity contribution < 1.29 is 8.42 Å². The molecule has 0 aromatic carbocycles. The quantitative estimate of drug-likeness (QED) is 0.803. The molecule has 2 rings (SSSR count). The van der Waals surface area contributed by atoms with E-state index in [1.165, 1.54) is 11.3 Å². The molecule has 0 radical (unpaired) electrons. The van der Waals surface area contributed by atoms with Crippen molar-refractivity contribution in [2.75, 3.05) is 18.8 Å². The Kier molecular flexibility index (Phi) is 6.14. The van der Waals surface area contributed by atoms with Gasteiger partial charge in [0.15, 0.2) is 0 Å². The number of thioether (sulfide) groups is 1. The maximum atomic E-state index is 12.8. The van der Waals surface area contributed by atoms with Crippen LogP contribution in [0.1, 0.15) is 32.1 Å². The fourth-order valence-corrected chi connectivity index (χ4v) is 6.79. The first-order valence-corrected chi connectivity index (χ1v) is 10.7. The molecule has 1 fully saturated rings. The number of nitrogens with one attached hydrogen (secondary N) is 1. The monoisotopic (exact) mass is 348 g/mol. The van der Waals surface area contributed by atoms with Crippen LogP contribution >= 0.6 is 23.1 Å². The van der Waals surface area contributed by atoms with E-state index in [0.717, 1.165) is 30.1 Å². The van der Waals surface area contributed by atoms with Gasteiger partial charge in [0.05, 0.1) is 0 Å². The molecule has 1 aliphatic heterocycles. The predicted molar refractivity (Wildman–Crippen MR) is 91.6 cm³/mol. The van der Waals surface area contributed by atoms with E-state index < -0.39 is 10.0 Å². The van der Waals surface area contributed by atoms with E-state index in [-0.39, 0.29) is 6.04 Å². The molecule has 1 aromatic rings. The van der Waals surface area contributed by atoms with Gasteiger partial charge in [0.25, 0.3) is 10.0 Å². The molecule has 1 aliphatic rings. The number of sulfonamides is 1. The van der Waals surface area contributed by atoms with Gasteiger partial charge >= 0.3 is 0 Å². The van der Waals surface area contributed by atoms with Crippen molar-refractivity contribution in [3.8, 4) is 0 Å². The maximum Gasteiger partial charge on any atom is 0.252 e.